The van der Waals surface area contributed by atoms with Crippen LogP contribution in [-0.2, 0) is 0 Å². The Labute approximate surface area is 110 Å². The van der Waals surface area contributed by atoms with Crippen molar-refractivity contribution in [2.75, 3.05) is 38.6 Å². The van der Waals surface area contributed by atoms with Crippen LogP contribution in [0.15, 0.2) is 12.4 Å². The zero-order valence-corrected chi connectivity index (χ0v) is 11.9. The highest BCUT2D eigenvalue weighted by Gasteiger charge is 2.24. The van der Waals surface area contributed by atoms with Gasteiger partial charge in [-0.15, -0.1) is 0 Å². The third kappa shape index (κ3) is 3.19. The minimum atomic E-state index is 0.499. The van der Waals surface area contributed by atoms with Crippen molar-refractivity contribution < 1.29 is 0 Å². The first-order valence-corrected chi connectivity index (χ1v) is 6.78. The normalized spacial score (nSPS) is 20.1. The Bertz CT molecular complexity index is 372. The Balaban J connectivity index is 1.96. The maximum Gasteiger partial charge on any atom is 0.225 e. The summed E-state index contributed by atoms with van der Waals surface area (Å²) in [6, 6.07) is 0. The van der Waals surface area contributed by atoms with Crippen LogP contribution in [0.25, 0.3) is 0 Å². The van der Waals surface area contributed by atoms with Crippen LogP contribution in [0.2, 0.25) is 0 Å². The lowest BCUT2D eigenvalue weighted by atomic mass is 10.1. The molecule has 4 heteroatoms. The molecular formula is C14H24N4. The smallest absolute Gasteiger partial charge is 0.225 e. The molecule has 1 aliphatic rings. The lowest BCUT2D eigenvalue weighted by molar-refractivity contribution is 0.340. The predicted octanol–water partition coefficient (Wildman–Crippen LogP) is 1.99. The first kappa shape index (κ1) is 13.3. The van der Waals surface area contributed by atoms with E-state index >= 15 is 0 Å². The standard InChI is InChI=1S/C14H24N4/c1-11(2)13-7-15-14(16-8-13)18-6-5-12(10-18)9-17(3)4/h7-8,11-12H,5-6,9-10H2,1-4H3. The van der Waals surface area contributed by atoms with E-state index in [4.69, 9.17) is 0 Å². The van der Waals surface area contributed by atoms with Crippen LogP contribution >= 0.6 is 0 Å². The molecule has 0 bridgehead atoms. The molecule has 0 aromatic carbocycles. The molecule has 0 spiro atoms. The van der Waals surface area contributed by atoms with E-state index in [0.29, 0.717) is 5.92 Å². The first-order valence-electron chi connectivity index (χ1n) is 6.78. The van der Waals surface area contributed by atoms with Crippen molar-refractivity contribution in [3.05, 3.63) is 18.0 Å². The molecule has 1 aromatic rings. The summed E-state index contributed by atoms with van der Waals surface area (Å²) in [6.07, 6.45) is 5.17. The molecule has 1 unspecified atom stereocenters. The van der Waals surface area contributed by atoms with Crippen molar-refractivity contribution in [2.45, 2.75) is 26.2 Å². The van der Waals surface area contributed by atoms with E-state index < -0.39 is 0 Å². The second-order valence-electron chi connectivity index (χ2n) is 5.83. The summed E-state index contributed by atoms with van der Waals surface area (Å²) in [4.78, 5) is 13.6. The van der Waals surface area contributed by atoms with Crippen molar-refractivity contribution in [1.29, 1.82) is 0 Å². The van der Waals surface area contributed by atoms with Gasteiger partial charge in [0.05, 0.1) is 0 Å². The first-order chi connectivity index (χ1) is 8.56. The molecule has 1 saturated heterocycles. The van der Waals surface area contributed by atoms with E-state index in [1.165, 1.54) is 12.0 Å². The molecule has 1 fully saturated rings. The van der Waals surface area contributed by atoms with E-state index in [1.807, 2.05) is 12.4 Å². The SMILES string of the molecule is CC(C)c1cnc(N2CCC(CN(C)C)C2)nc1. The molecule has 2 rings (SSSR count). The fraction of sp³-hybridized carbons (Fsp3) is 0.714. The number of aromatic nitrogens is 2. The topological polar surface area (TPSA) is 32.3 Å². The van der Waals surface area contributed by atoms with E-state index in [0.717, 1.165) is 31.5 Å². The molecule has 2 heterocycles. The van der Waals surface area contributed by atoms with Crippen molar-refractivity contribution in [2.24, 2.45) is 5.92 Å². The summed E-state index contributed by atoms with van der Waals surface area (Å²) in [7, 11) is 4.27. The Kier molecular flexibility index (Phi) is 4.17. The van der Waals surface area contributed by atoms with E-state index in [1.54, 1.807) is 0 Å². The highest BCUT2D eigenvalue weighted by atomic mass is 15.3. The summed E-state index contributed by atoms with van der Waals surface area (Å²) in [5.74, 6) is 2.13. The monoisotopic (exact) mass is 248 g/mol. The highest BCUT2D eigenvalue weighted by Crippen LogP contribution is 2.21. The molecule has 0 saturated carbocycles. The van der Waals surface area contributed by atoms with Crippen LogP contribution in [0.5, 0.6) is 0 Å². The predicted molar refractivity (Wildman–Crippen MR) is 75.0 cm³/mol. The van der Waals surface area contributed by atoms with Crippen LogP contribution in [-0.4, -0.2) is 48.6 Å². The molecule has 0 aliphatic carbocycles. The third-order valence-corrected chi connectivity index (χ3v) is 3.52. The van der Waals surface area contributed by atoms with E-state index in [2.05, 4.69) is 47.7 Å². The molecule has 18 heavy (non-hydrogen) atoms. The minimum Gasteiger partial charge on any atom is -0.340 e. The molecule has 4 nitrogen and oxygen atoms in total. The largest absolute Gasteiger partial charge is 0.340 e. The molecular weight excluding hydrogens is 224 g/mol. The van der Waals surface area contributed by atoms with Gasteiger partial charge in [0.15, 0.2) is 0 Å². The zero-order chi connectivity index (χ0) is 13.1. The van der Waals surface area contributed by atoms with Gasteiger partial charge in [0.2, 0.25) is 5.95 Å². The van der Waals surface area contributed by atoms with Gasteiger partial charge in [-0.1, -0.05) is 13.8 Å². The van der Waals surface area contributed by atoms with Crippen LogP contribution in [0.3, 0.4) is 0 Å². The van der Waals surface area contributed by atoms with Crippen LogP contribution in [0.4, 0.5) is 5.95 Å². The van der Waals surface area contributed by atoms with Crippen LogP contribution in [0.1, 0.15) is 31.7 Å². The average Bonchev–Trinajstić information content (AvgIpc) is 2.76. The second-order valence-corrected chi connectivity index (χ2v) is 5.83. The Hall–Kier alpha value is -1.16. The number of rotatable bonds is 4. The highest BCUT2D eigenvalue weighted by molar-refractivity contribution is 5.32. The lowest BCUT2D eigenvalue weighted by Crippen LogP contribution is -2.26. The Morgan fingerprint density at radius 1 is 1.33 bits per heavy atom. The number of anilines is 1. The van der Waals surface area contributed by atoms with Gasteiger partial charge in [-0.3, -0.25) is 0 Å². The fourth-order valence-corrected chi connectivity index (χ4v) is 2.47. The van der Waals surface area contributed by atoms with Crippen molar-refractivity contribution in [1.82, 2.24) is 14.9 Å². The number of nitrogens with zero attached hydrogens (tertiary/aromatic N) is 4. The average molecular weight is 248 g/mol. The summed E-state index contributed by atoms with van der Waals surface area (Å²) < 4.78 is 0. The number of hydrogen-bond acceptors (Lipinski definition) is 4. The summed E-state index contributed by atoms with van der Waals surface area (Å²) in [5, 5.41) is 0. The van der Waals surface area contributed by atoms with Crippen LogP contribution in [0, 0.1) is 5.92 Å². The quantitative estimate of drug-likeness (QED) is 0.815. The zero-order valence-electron chi connectivity index (χ0n) is 11.9. The number of hydrogen-bond donors (Lipinski definition) is 0. The van der Waals surface area contributed by atoms with Gasteiger partial charge in [-0.25, -0.2) is 9.97 Å². The van der Waals surface area contributed by atoms with Gasteiger partial charge in [-0.05, 0) is 37.9 Å². The summed E-state index contributed by atoms with van der Waals surface area (Å²) in [5.41, 5.74) is 1.21. The lowest BCUT2D eigenvalue weighted by Gasteiger charge is -2.18. The molecule has 0 radical (unpaired) electrons. The minimum absolute atomic E-state index is 0.499. The van der Waals surface area contributed by atoms with Gasteiger partial charge in [0, 0.05) is 32.0 Å². The maximum absolute atomic E-state index is 4.50. The Morgan fingerprint density at radius 2 is 2.00 bits per heavy atom. The van der Waals surface area contributed by atoms with Crippen molar-refractivity contribution in [3.63, 3.8) is 0 Å². The maximum atomic E-state index is 4.50. The third-order valence-electron chi connectivity index (χ3n) is 3.52. The molecule has 1 aromatic heterocycles. The molecule has 1 aliphatic heterocycles. The van der Waals surface area contributed by atoms with Crippen molar-refractivity contribution in [3.8, 4) is 0 Å². The van der Waals surface area contributed by atoms with Gasteiger partial charge >= 0.3 is 0 Å². The van der Waals surface area contributed by atoms with Gasteiger partial charge < -0.3 is 9.80 Å². The van der Waals surface area contributed by atoms with E-state index in [-0.39, 0.29) is 0 Å². The van der Waals surface area contributed by atoms with E-state index in [9.17, 15) is 0 Å². The summed E-state index contributed by atoms with van der Waals surface area (Å²) >= 11 is 0. The van der Waals surface area contributed by atoms with Gasteiger partial charge in [0.1, 0.15) is 0 Å². The summed E-state index contributed by atoms with van der Waals surface area (Å²) in [6.45, 7) is 7.65. The fourth-order valence-electron chi connectivity index (χ4n) is 2.47. The van der Waals surface area contributed by atoms with Crippen molar-refractivity contribution >= 4 is 5.95 Å². The molecule has 100 valence electrons. The van der Waals surface area contributed by atoms with Gasteiger partial charge in [0.25, 0.3) is 0 Å². The molecule has 1 atom stereocenters. The molecule has 0 amide bonds. The van der Waals surface area contributed by atoms with Crippen LogP contribution < -0.4 is 4.90 Å². The second kappa shape index (κ2) is 5.65. The van der Waals surface area contributed by atoms with Gasteiger partial charge in [-0.2, -0.15) is 0 Å². The molecule has 0 N–H and O–H groups in total. The Morgan fingerprint density at radius 3 is 2.56 bits per heavy atom.